The summed E-state index contributed by atoms with van der Waals surface area (Å²) in [5.74, 6) is 0.142. The second-order valence-electron chi connectivity index (χ2n) is 7.50. The van der Waals surface area contributed by atoms with E-state index in [1.54, 1.807) is 36.4 Å². The van der Waals surface area contributed by atoms with E-state index >= 15 is 0 Å². The summed E-state index contributed by atoms with van der Waals surface area (Å²) in [4.78, 5) is 24.5. The predicted molar refractivity (Wildman–Crippen MR) is 130 cm³/mol. The van der Waals surface area contributed by atoms with Gasteiger partial charge in [-0.1, -0.05) is 46.9 Å². The van der Waals surface area contributed by atoms with E-state index in [1.165, 1.54) is 28.8 Å². The zero-order chi connectivity index (χ0) is 24.9. The summed E-state index contributed by atoms with van der Waals surface area (Å²) in [6.45, 7) is 0. The molecule has 0 amide bonds. The van der Waals surface area contributed by atoms with Gasteiger partial charge in [0.25, 0.3) is 5.56 Å². The first-order chi connectivity index (χ1) is 16.6. The lowest BCUT2D eigenvalue weighted by molar-refractivity contribution is -0.137. The number of halogens is 6. The molecule has 11 heteroatoms. The van der Waals surface area contributed by atoms with Crippen molar-refractivity contribution >= 4 is 46.0 Å². The summed E-state index contributed by atoms with van der Waals surface area (Å²) < 4.78 is 43.1. The van der Waals surface area contributed by atoms with Crippen LogP contribution in [0.4, 0.5) is 13.2 Å². The Morgan fingerprint density at radius 2 is 1.54 bits per heavy atom. The molecule has 3 aromatic carbocycles. The summed E-state index contributed by atoms with van der Waals surface area (Å²) in [5, 5.41) is 1.01. The Labute approximate surface area is 210 Å². The number of aromatic nitrogens is 4. The molecule has 1 N–H and O–H groups in total. The van der Waals surface area contributed by atoms with Crippen molar-refractivity contribution < 1.29 is 13.2 Å². The number of hydrogen-bond acceptors (Lipinski definition) is 3. The highest BCUT2D eigenvalue weighted by molar-refractivity contribution is 6.36. The number of aromatic amines is 1. The van der Waals surface area contributed by atoms with E-state index in [2.05, 4.69) is 15.0 Å². The standard InChI is InChI=1S/C24H12Cl3F3N4O/c25-13-7-5-12(6-8-13)21-31-19-22(34(21)18-4-2-1-3-16(18)24(28,29)30)32-20(33-23(19)35)15-10-9-14(26)11-17(15)27/h1-11H,(H,32,33,35). The summed E-state index contributed by atoms with van der Waals surface area (Å²) in [6.07, 6.45) is -4.67. The molecule has 176 valence electrons. The molecule has 0 spiro atoms. The lowest BCUT2D eigenvalue weighted by Crippen LogP contribution is -2.13. The van der Waals surface area contributed by atoms with Gasteiger partial charge in [-0.25, -0.2) is 9.97 Å². The Bertz CT molecular complexity index is 1640. The van der Waals surface area contributed by atoms with Crippen molar-refractivity contribution in [3.63, 3.8) is 0 Å². The molecule has 2 heterocycles. The molecule has 0 saturated carbocycles. The number of H-pyrrole nitrogens is 1. The van der Waals surface area contributed by atoms with Crippen LogP contribution in [0.25, 0.3) is 39.6 Å². The zero-order valence-corrected chi connectivity index (χ0v) is 19.6. The Hall–Kier alpha value is -3.33. The van der Waals surface area contributed by atoms with E-state index < -0.39 is 17.3 Å². The van der Waals surface area contributed by atoms with Gasteiger partial charge in [0.1, 0.15) is 11.6 Å². The molecule has 0 aliphatic heterocycles. The van der Waals surface area contributed by atoms with Crippen LogP contribution in [0.2, 0.25) is 15.1 Å². The van der Waals surface area contributed by atoms with Gasteiger partial charge in [0, 0.05) is 21.2 Å². The molecular weight excluding hydrogens is 524 g/mol. The van der Waals surface area contributed by atoms with Gasteiger partial charge in [-0.15, -0.1) is 0 Å². The second-order valence-corrected chi connectivity index (χ2v) is 8.78. The summed E-state index contributed by atoms with van der Waals surface area (Å²) in [5.41, 5.74) is -1.22. The number of fused-ring (bicyclic) bond motifs is 1. The normalized spacial score (nSPS) is 11.8. The SMILES string of the molecule is O=c1[nH]c(-c2ccc(Cl)cc2Cl)nc2c1nc(-c1ccc(Cl)cc1)n2-c1ccccc1C(F)(F)F. The highest BCUT2D eigenvalue weighted by Gasteiger charge is 2.35. The average Bonchev–Trinajstić information content (AvgIpc) is 3.19. The minimum absolute atomic E-state index is 0.0532. The maximum absolute atomic E-state index is 14.0. The molecule has 2 aromatic heterocycles. The van der Waals surface area contributed by atoms with Crippen LogP contribution >= 0.6 is 34.8 Å². The highest BCUT2D eigenvalue weighted by Crippen LogP contribution is 2.37. The topological polar surface area (TPSA) is 63.6 Å². The molecule has 0 fully saturated rings. The summed E-state index contributed by atoms with van der Waals surface area (Å²) in [7, 11) is 0. The van der Waals surface area contributed by atoms with E-state index in [0.717, 1.165) is 6.07 Å². The molecule has 0 unspecified atom stereocenters. The second kappa shape index (κ2) is 8.71. The van der Waals surface area contributed by atoms with E-state index in [9.17, 15) is 18.0 Å². The first-order valence-electron chi connectivity index (χ1n) is 10.0. The third-order valence-electron chi connectivity index (χ3n) is 5.26. The lowest BCUT2D eigenvalue weighted by atomic mass is 10.1. The third kappa shape index (κ3) is 4.29. The lowest BCUT2D eigenvalue weighted by Gasteiger charge is -2.16. The van der Waals surface area contributed by atoms with Crippen LogP contribution in [0.3, 0.4) is 0 Å². The van der Waals surface area contributed by atoms with Crippen LogP contribution in [0.15, 0.2) is 71.5 Å². The van der Waals surface area contributed by atoms with Gasteiger partial charge in [0.15, 0.2) is 11.2 Å². The summed E-state index contributed by atoms with van der Waals surface area (Å²) in [6, 6.07) is 15.9. The Balaban J connectivity index is 1.89. The number of nitrogens with one attached hydrogen (secondary N) is 1. The largest absolute Gasteiger partial charge is 0.418 e. The van der Waals surface area contributed by atoms with Gasteiger partial charge >= 0.3 is 6.18 Å². The van der Waals surface area contributed by atoms with Gasteiger partial charge in [0.05, 0.1) is 16.3 Å². The molecule has 0 radical (unpaired) electrons. The van der Waals surface area contributed by atoms with Gasteiger partial charge in [0.2, 0.25) is 0 Å². The van der Waals surface area contributed by atoms with Crippen molar-refractivity contribution in [2.45, 2.75) is 6.18 Å². The van der Waals surface area contributed by atoms with Gasteiger partial charge in [-0.05, 0) is 54.6 Å². The van der Waals surface area contributed by atoms with E-state index in [-0.39, 0.29) is 33.5 Å². The van der Waals surface area contributed by atoms with Gasteiger partial charge in [-0.2, -0.15) is 13.2 Å². The van der Waals surface area contributed by atoms with E-state index in [0.29, 0.717) is 21.2 Å². The first-order valence-corrected chi connectivity index (χ1v) is 11.2. The zero-order valence-electron chi connectivity index (χ0n) is 17.4. The average molecular weight is 536 g/mol. The predicted octanol–water partition coefficient (Wildman–Crippen LogP) is 7.42. The molecule has 0 saturated heterocycles. The quantitative estimate of drug-likeness (QED) is 0.261. The smallest absolute Gasteiger partial charge is 0.304 e. The number of alkyl halides is 3. The maximum atomic E-state index is 14.0. The number of rotatable bonds is 3. The molecule has 5 nitrogen and oxygen atoms in total. The van der Waals surface area contributed by atoms with Crippen molar-refractivity contribution in [2.75, 3.05) is 0 Å². The van der Waals surface area contributed by atoms with Crippen molar-refractivity contribution in [1.82, 2.24) is 19.5 Å². The van der Waals surface area contributed by atoms with Crippen LogP contribution in [0, 0.1) is 0 Å². The fraction of sp³-hybridized carbons (Fsp3) is 0.0417. The molecule has 5 rings (SSSR count). The van der Waals surface area contributed by atoms with Crippen molar-refractivity contribution in [3.05, 3.63) is 97.7 Å². The third-order valence-corrected chi connectivity index (χ3v) is 6.06. The highest BCUT2D eigenvalue weighted by atomic mass is 35.5. The first kappa shape index (κ1) is 23.4. The van der Waals surface area contributed by atoms with Gasteiger partial charge in [-0.3, -0.25) is 9.36 Å². The Morgan fingerprint density at radius 3 is 2.23 bits per heavy atom. The fourth-order valence-electron chi connectivity index (χ4n) is 3.71. The number of nitrogens with zero attached hydrogens (tertiary/aromatic N) is 3. The van der Waals surface area contributed by atoms with Crippen molar-refractivity contribution in [2.24, 2.45) is 0 Å². The van der Waals surface area contributed by atoms with Crippen LogP contribution in [-0.4, -0.2) is 19.5 Å². The number of hydrogen-bond donors (Lipinski definition) is 1. The molecule has 5 aromatic rings. The number of benzene rings is 3. The molecule has 35 heavy (non-hydrogen) atoms. The maximum Gasteiger partial charge on any atom is 0.418 e. The molecule has 0 aliphatic rings. The van der Waals surface area contributed by atoms with Crippen LogP contribution in [0.5, 0.6) is 0 Å². The molecule has 0 atom stereocenters. The molecular formula is C24H12Cl3F3N4O. The molecule has 0 aliphatic carbocycles. The Morgan fingerprint density at radius 1 is 0.857 bits per heavy atom. The number of imidazole rings is 1. The van der Waals surface area contributed by atoms with Crippen molar-refractivity contribution in [3.8, 4) is 28.5 Å². The monoisotopic (exact) mass is 534 g/mol. The molecule has 0 bridgehead atoms. The minimum atomic E-state index is -4.67. The van der Waals surface area contributed by atoms with Crippen LogP contribution in [-0.2, 0) is 6.18 Å². The summed E-state index contributed by atoms with van der Waals surface area (Å²) >= 11 is 18.3. The number of para-hydroxylation sites is 1. The van der Waals surface area contributed by atoms with E-state index in [1.807, 2.05) is 0 Å². The van der Waals surface area contributed by atoms with E-state index in [4.69, 9.17) is 34.8 Å². The Kier molecular flexibility index (Phi) is 5.83. The fourth-order valence-corrected chi connectivity index (χ4v) is 4.33. The minimum Gasteiger partial charge on any atom is -0.304 e. The van der Waals surface area contributed by atoms with Crippen LogP contribution in [0.1, 0.15) is 5.56 Å². The van der Waals surface area contributed by atoms with Gasteiger partial charge < -0.3 is 4.98 Å². The van der Waals surface area contributed by atoms with Crippen molar-refractivity contribution in [1.29, 1.82) is 0 Å². The van der Waals surface area contributed by atoms with Crippen LogP contribution < -0.4 is 5.56 Å².